The van der Waals surface area contributed by atoms with Gasteiger partial charge in [-0.05, 0) is 72.2 Å². The van der Waals surface area contributed by atoms with Crippen molar-refractivity contribution in [3.8, 4) is 5.75 Å². The lowest BCUT2D eigenvalue weighted by molar-refractivity contribution is 0.103. The molecule has 3 nitrogen and oxygen atoms in total. The molecule has 3 aromatic rings. The maximum Gasteiger partial charge on any atom is 0.265 e. The zero-order valence-electron chi connectivity index (χ0n) is 14.4. The van der Waals surface area contributed by atoms with Crippen molar-refractivity contribution in [2.45, 2.75) is 25.9 Å². The molecule has 0 saturated carbocycles. The van der Waals surface area contributed by atoms with Gasteiger partial charge in [0.25, 0.3) is 5.91 Å². The summed E-state index contributed by atoms with van der Waals surface area (Å²) in [5.41, 5.74) is 4.35. The van der Waals surface area contributed by atoms with Gasteiger partial charge in [0.2, 0.25) is 0 Å². The van der Waals surface area contributed by atoms with Crippen LogP contribution in [-0.2, 0) is 19.4 Å². The highest BCUT2D eigenvalue weighted by atomic mass is 35.5. The number of nitrogens with one attached hydrogen (secondary N) is 1. The molecule has 0 atom stereocenters. The number of hydrogen-bond acceptors (Lipinski definition) is 3. The highest BCUT2D eigenvalue weighted by molar-refractivity contribution is 7.12. The minimum atomic E-state index is -0.192. The van der Waals surface area contributed by atoms with Crippen LogP contribution in [0.2, 0.25) is 10.0 Å². The Labute approximate surface area is 171 Å². The Morgan fingerprint density at radius 2 is 1.81 bits per heavy atom. The summed E-state index contributed by atoms with van der Waals surface area (Å²) in [6.45, 7) is 0.436. The van der Waals surface area contributed by atoms with Gasteiger partial charge in [-0.1, -0.05) is 29.3 Å². The van der Waals surface area contributed by atoms with Gasteiger partial charge in [0.15, 0.2) is 0 Å². The number of aryl methyl sites for hydroxylation is 2. The van der Waals surface area contributed by atoms with E-state index in [-0.39, 0.29) is 5.91 Å². The van der Waals surface area contributed by atoms with Crippen LogP contribution in [0.5, 0.6) is 5.75 Å². The number of carbonyl (C=O) groups is 1. The molecular formula is C21H17Cl2NO2S. The van der Waals surface area contributed by atoms with Crippen LogP contribution in [0.3, 0.4) is 0 Å². The fraction of sp³-hybridized carbons (Fsp3) is 0.190. The highest BCUT2D eigenvalue weighted by Crippen LogP contribution is 2.27. The van der Waals surface area contributed by atoms with Gasteiger partial charge in [-0.2, -0.15) is 0 Å². The Hall–Kier alpha value is -2.01. The van der Waals surface area contributed by atoms with E-state index in [4.69, 9.17) is 27.9 Å². The van der Waals surface area contributed by atoms with E-state index in [0.29, 0.717) is 27.2 Å². The molecule has 0 unspecified atom stereocenters. The van der Waals surface area contributed by atoms with Crippen molar-refractivity contribution < 1.29 is 9.53 Å². The number of hydrogen-bond donors (Lipinski definition) is 1. The Bertz CT molecular complexity index is 979. The first-order valence-corrected chi connectivity index (χ1v) is 10.3. The number of ether oxygens (including phenoxy) is 1. The van der Waals surface area contributed by atoms with E-state index in [1.54, 1.807) is 18.2 Å². The molecule has 0 fully saturated rings. The van der Waals surface area contributed by atoms with E-state index in [9.17, 15) is 4.79 Å². The van der Waals surface area contributed by atoms with Gasteiger partial charge in [0, 0.05) is 21.3 Å². The van der Waals surface area contributed by atoms with Gasteiger partial charge in [-0.3, -0.25) is 4.79 Å². The number of rotatable bonds is 5. The summed E-state index contributed by atoms with van der Waals surface area (Å²) in [5.74, 6) is 0.684. The van der Waals surface area contributed by atoms with Crippen molar-refractivity contribution in [3.05, 3.63) is 79.5 Å². The van der Waals surface area contributed by atoms with Crippen LogP contribution < -0.4 is 10.1 Å². The first kappa shape index (κ1) is 18.4. The van der Waals surface area contributed by atoms with E-state index < -0.39 is 0 Å². The topological polar surface area (TPSA) is 38.3 Å². The van der Waals surface area contributed by atoms with Crippen molar-refractivity contribution in [2.24, 2.45) is 0 Å². The minimum Gasteiger partial charge on any atom is -0.489 e. The lowest BCUT2D eigenvalue weighted by Gasteiger charge is -2.07. The van der Waals surface area contributed by atoms with E-state index in [0.717, 1.165) is 24.2 Å². The third-order valence-electron chi connectivity index (χ3n) is 4.47. The molecule has 1 aliphatic rings. The second-order valence-electron chi connectivity index (χ2n) is 6.50. The van der Waals surface area contributed by atoms with Crippen molar-refractivity contribution in [1.29, 1.82) is 0 Å². The molecule has 0 aliphatic heterocycles. The van der Waals surface area contributed by atoms with Gasteiger partial charge in [0.05, 0.1) is 4.88 Å². The molecule has 4 rings (SSSR count). The molecule has 0 bridgehead atoms. The van der Waals surface area contributed by atoms with Crippen molar-refractivity contribution >= 4 is 46.1 Å². The molecule has 138 valence electrons. The van der Waals surface area contributed by atoms with Gasteiger partial charge >= 0.3 is 0 Å². The van der Waals surface area contributed by atoms with Crippen LogP contribution in [0.1, 0.15) is 32.8 Å². The Balaban J connectivity index is 1.38. The fourth-order valence-electron chi connectivity index (χ4n) is 3.19. The predicted molar refractivity (Wildman–Crippen MR) is 112 cm³/mol. The second kappa shape index (κ2) is 7.93. The van der Waals surface area contributed by atoms with Crippen molar-refractivity contribution in [3.63, 3.8) is 0 Å². The van der Waals surface area contributed by atoms with Gasteiger partial charge in [0.1, 0.15) is 12.4 Å². The molecule has 6 heteroatoms. The predicted octanol–water partition coefficient (Wildman–Crippen LogP) is 6.37. The van der Waals surface area contributed by atoms with E-state index in [1.807, 2.05) is 17.5 Å². The molecule has 0 saturated heterocycles. The zero-order chi connectivity index (χ0) is 18.8. The number of fused-ring (bicyclic) bond motifs is 1. The highest BCUT2D eigenvalue weighted by Gasteiger charge is 2.13. The largest absolute Gasteiger partial charge is 0.489 e. The van der Waals surface area contributed by atoms with Gasteiger partial charge < -0.3 is 10.1 Å². The molecule has 1 N–H and O–H groups in total. The average molecular weight is 418 g/mol. The summed E-state index contributed by atoms with van der Waals surface area (Å²) in [5, 5.41) is 5.71. The van der Waals surface area contributed by atoms with Crippen molar-refractivity contribution in [2.75, 3.05) is 5.32 Å². The summed E-state index contributed by atoms with van der Waals surface area (Å²) in [6, 6.07) is 13.1. The second-order valence-corrected chi connectivity index (χ2v) is 8.29. The first-order valence-electron chi connectivity index (χ1n) is 8.66. The molecular weight excluding hydrogens is 401 g/mol. The number of carbonyl (C=O) groups excluding carboxylic acids is 1. The Morgan fingerprint density at radius 1 is 1.04 bits per heavy atom. The monoisotopic (exact) mass is 417 g/mol. The number of anilines is 1. The van der Waals surface area contributed by atoms with E-state index in [2.05, 4.69) is 17.4 Å². The standard InChI is InChI=1S/C21H17Cl2NO2S/c22-16-8-17(23)10-18(9-16)24-21(25)20-6-13(12-27-20)11-26-19-5-4-14-2-1-3-15(14)7-19/h4-10,12H,1-3,11H2,(H,24,25). The third kappa shape index (κ3) is 4.46. The van der Waals surface area contributed by atoms with Crippen LogP contribution in [0.25, 0.3) is 0 Å². The lowest BCUT2D eigenvalue weighted by atomic mass is 10.1. The quantitative estimate of drug-likeness (QED) is 0.523. The van der Waals surface area contributed by atoms with Crippen LogP contribution >= 0.6 is 34.5 Å². The molecule has 2 aromatic carbocycles. The molecule has 1 aromatic heterocycles. The van der Waals surface area contributed by atoms with Crippen LogP contribution in [0, 0.1) is 0 Å². The summed E-state index contributed by atoms with van der Waals surface area (Å²) in [6.07, 6.45) is 3.51. The van der Waals surface area contributed by atoms with E-state index >= 15 is 0 Å². The third-order valence-corrected chi connectivity index (χ3v) is 5.89. The lowest BCUT2D eigenvalue weighted by Crippen LogP contribution is -2.10. The van der Waals surface area contributed by atoms with Crippen LogP contribution in [0.4, 0.5) is 5.69 Å². The number of thiophene rings is 1. The normalized spacial score (nSPS) is 12.7. The SMILES string of the molecule is O=C(Nc1cc(Cl)cc(Cl)c1)c1cc(COc2ccc3c(c2)CCC3)cs1. The van der Waals surface area contributed by atoms with E-state index in [1.165, 1.54) is 28.9 Å². The first-order chi connectivity index (χ1) is 13.1. The fourth-order valence-corrected chi connectivity index (χ4v) is 4.51. The summed E-state index contributed by atoms with van der Waals surface area (Å²) in [4.78, 5) is 13.0. The van der Waals surface area contributed by atoms with Gasteiger partial charge in [-0.25, -0.2) is 0 Å². The molecule has 0 spiro atoms. The molecule has 1 amide bonds. The Kier molecular flexibility index (Phi) is 5.39. The van der Waals surface area contributed by atoms with Crippen LogP contribution in [0.15, 0.2) is 47.8 Å². The summed E-state index contributed by atoms with van der Waals surface area (Å²) >= 11 is 13.3. The van der Waals surface area contributed by atoms with Crippen LogP contribution in [-0.4, -0.2) is 5.91 Å². The smallest absolute Gasteiger partial charge is 0.265 e. The minimum absolute atomic E-state index is 0.192. The number of benzene rings is 2. The average Bonchev–Trinajstić information content (AvgIpc) is 3.28. The molecule has 1 aliphatic carbocycles. The summed E-state index contributed by atoms with van der Waals surface area (Å²) < 4.78 is 5.90. The maximum atomic E-state index is 12.4. The number of amides is 1. The summed E-state index contributed by atoms with van der Waals surface area (Å²) in [7, 11) is 0. The Morgan fingerprint density at radius 3 is 2.63 bits per heavy atom. The maximum absolute atomic E-state index is 12.4. The number of halogens is 2. The van der Waals surface area contributed by atoms with Crippen molar-refractivity contribution in [1.82, 2.24) is 0 Å². The molecule has 27 heavy (non-hydrogen) atoms. The zero-order valence-corrected chi connectivity index (χ0v) is 16.8. The molecule has 0 radical (unpaired) electrons. The molecule has 1 heterocycles. The van der Waals surface area contributed by atoms with Gasteiger partial charge in [-0.15, -0.1) is 11.3 Å².